The SMILES string of the molecule is Cc1ccc(C)c(C(C)NCc2cc3c(s2)CCC3)c1. The third-order valence-electron chi connectivity index (χ3n) is 4.28. The molecule has 1 unspecified atom stereocenters. The Kier molecular flexibility index (Phi) is 3.95. The summed E-state index contributed by atoms with van der Waals surface area (Å²) >= 11 is 2.00. The van der Waals surface area contributed by atoms with E-state index in [9.17, 15) is 0 Å². The van der Waals surface area contributed by atoms with Crippen molar-refractivity contribution in [1.82, 2.24) is 5.32 Å². The third kappa shape index (κ3) is 2.82. The van der Waals surface area contributed by atoms with Gasteiger partial charge in [-0.2, -0.15) is 0 Å². The maximum Gasteiger partial charge on any atom is 0.0305 e. The Balaban J connectivity index is 1.66. The smallest absolute Gasteiger partial charge is 0.0305 e. The van der Waals surface area contributed by atoms with Crippen LogP contribution in [-0.4, -0.2) is 0 Å². The number of fused-ring (bicyclic) bond motifs is 1. The molecule has 1 aromatic carbocycles. The maximum absolute atomic E-state index is 3.68. The highest BCUT2D eigenvalue weighted by molar-refractivity contribution is 7.12. The lowest BCUT2D eigenvalue weighted by Gasteiger charge is -2.17. The largest absolute Gasteiger partial charge is 0.305 e. The van der Waals surface area contributed by atoms with Crippen molar-refractivity contribution in [3.05, 3.63) is 56.3 Å². The number of rotatable bonds is 4. The molecule has 1 aliphatic rings. The molecule has 0 aliphatic heterocycles. The lowest BCUT2D eigenvalue weighted by atomic mass is 10.00. The highest BCUT2D eigenvalue weighted by atomic mass is 32.1. The van der Waals surface area contributed by atoms with Crippen LogP contribution in [0.25, 0.3) is 0 Å². The monoisotopic (exact) mass is 285 g/mol. The second-order valence-corrected chi connectivity index (χ2v) is 7.20. The molecule has 1 aliphatic carbocycles. The lowest BCUT2D eigenvalue weighted by molar-refractivity contribution is 0.576. The number of hydrogen-bond acceptors (Lipinski definition) is 2. The van der Waals surface area contributed by atoms with E-state index in [0.717, 1.165) is 6.54 Å². The summed E-state index contributed by atoms with van der Waals surface area (Å²) < 4.78 is 0. The van der Waals surface area contributed by atoms with E-state index in [1.165, 1.54) is 40.8 Å². The second kappa shape index (κ2) is 5.71. The minimum Gasteiger partial charge on any atom is -0.305 e. The van der Waals surface area contributed by atoms with Crippen molar-refractivity contribution >= 4 is 11.3 Å². The Morgan fingerprint density at radius 2 is 2.05 bits per heavy atom. The molecular formula is C18H23NS. The predicted molar refractivity (Wildman–Crippen MR) is 87.5 cm³/mol. The van der Waals surface area contributed by atoms with Gasteiger partial charge < -0.3 is 5.32 Å². The van der Waals surface area contributed by atoms with Crippen LogP contribution in [0.4, 0.5) is 0 Å². The first-order valence-corrected chi connectivity index (χ1v) is 8.36. The standard InChI is InChI=1S/C18H23NS/c1-12-7-8-13(2)17(9-12)14(3)19-11-16-10-15-5-4-6-18(15)20-16/h7-10,14,19H,4-6,11H2,1-3H3. The Morgan fingerprint density at radius 1 is 1.20 bits per heavy atom. The van der Waals surface area contributed by atoms with Crippen molar-refractivity contribution in [2.75, 3.05) is 0 Å². The van der Waals surface area contributed by atoms with Gasteiger partial charge in [0.15, 0.2) is 0 Å². The Hall–Kier alpha value is -1.12. The molecule has 3 rings (SSSR count). The molecule has 1 atom stereocenters. The summed E-state index contributed by atoms with van der Waals surface area (Å²) in [5, 5.41) is 3.68. The quantitative estimate of drug-likeness (QED) is 0.858. The average molecular weight is 285 g/mol. The molecule has 0 bridgehead atoms. The van der Waals surface area contributed by atoms with E-state index in [1.54, 1.807) is 10.4 Å². The molecule has 0 spiro atoms. The van der Waals surface area contributed by atoms with Crippen LogP contribution in [0.15, 0.2) is 24.3 Å². The van der Waals surface area contributed by atoms with E-state index in [0.29, 0.717) is 6.04 Å². The molecule has 2 heteroatoms. The van der Waals surface area contributed by atoms with Crippen molar-refractivity contribution in [3.63, 3.8) is 0 Å². The van der Waals surface area contributed by atoms with Crippen LogP contribution in [0.2, 0.25) is 0 Å². The zero-order chi connectivity index (χ0) is 14.1. The van der Waals surface area contributed by atoms with Gasteiger partial charge in [0.05, 0.1) is 0 Å². The maximum atomic E-state index is 3.68. The molecule has 1 heterocycles. The van der Waals surface area contributed by atoms with Crippen LogP contribution in [0.1, 0.15) is 51.4 Å². The van der Waals surface area contributed by atoms with Gasteiger partial charge in [0, 0.05) is 22.3 Å². The molecule has 0 fully saturated rings. The molecule has 1 aromatic heterocycles. The number of thiophene rings is 1. The molecule has 1 nitrogen and oxygen atoms in total. The van der Waals surface area contributed by atoms with E-state index in [4.69, 9.17) is 0 Å². The van der Waals surface area contributed by atoms with Gasteiger partial charge >= 0.3 is 0 Å². The minimum absolute atomic E-state index is 0.409. The van der Waals surface area contributed by atoms with Gasteiger partial charge in [-0.1, -0.05) is 23.8 Å². The van der Waals surface area contributed by atoms with Gasteiger partial charge in [-0.05, 0) is 62.8 Å². The van der Waals surface area contributed by atoms with Crippen LogP contribution < -0.4 is 5.32 Å². The van der Waals surface area contributed by atoms with Crippen molar-refractivity contribution in [1.29, 1.82) is 0 Å². The number of hydrogen-bond donors (Lipinski definition) is 1. The van der Waals surface area contributed by atoms with Gasteiger partial charge in [-0.15, -0.1) is 11.3 Å². The Bertz CT molecular complexity index is 590. The number of nitrogens with one attached hydrogen (secondary N) is 1. The molecule has 1 N–H and O–H groups in total. The van der Waals surface area contributed by atoms with Crippen LogP contribution in [0.3, 0.4) is 0 Å². The zero-order valence-electron chi connectivity index (χ0n) is 12.6. The highest BCUT2D eigenvalue weighted by Gasteiger charge is 2.15. The first-order chi connectivity index (χ1) is 9.63. The van der Waals surface area contributed by atoms with E-state index in [-0.39, 0.29) is 0 Å². The highest BCUT2D eigenvalue weighted by Crippen LogP contribution is 2.31. The molecule has 0 radical (unpaired) electrons. The Labute approximate surface area is 126 Å². The normalized spacial score (nSPS) is 15.3. The lowest BCUT2D eigenvalue weighted by Crippen LogP contribution is -2.18. The molecule has 0 saturated carbocycles. The number of benzene rings is 1. The fourth-order valence-corrected chi connectivity index (χ4v) is 4.28. The summed E-state index contributed by atoms with van der Waals surface area (Å²) in [7, 11) is 0. The van der Waals surface area contributed by atoms with Gasteiger partial charge in [0.2, 0.25) is 0 Å². The summed E-state index contributed by atoms with van der Waals surface area (Å²) in [6.45, 7) is 7.63. The first-order valence-electron chi connectivity index (χ1n) is 7.54. The van der Waals surface area contributed by atoms with E-state index in [2.05, 4.69) is 50.4 Å². The van der Waals surface area contributed by atoms with Crippen molar-refractivity contribution in [2.24, 2.45) is 0 Å². The minimum atomic E-state index is 0.409. The summed E-state index contributed by atoms with van der Waals surface area (Å²) in [5.41, 5.74) is 5.75. The molecule has 20 heavy (non-hydrogen) atoms. The molecule has 106 valence electrons. The molecular weight excluding hydrogens is 262 g/mol. The summed E-state index contributed by atoms with van der Waals surface area (Å²) in [6.07, 6.45) is 3.94. The van der Waals surface area contributed by atoms with Crippen LogP contribution in [-0.2, 0) is 19.4 Å². The molecule has 0 amide bonds. The van der Waals surface area contributed by atoms with Crippen LogP contribution in [0.5, 0.6) is 0 Å². The van der Waals surface area contributed by atoms with Crippen LogP contribution >= 0.6 is 11.3 Å². The fraction of sp³-hybridized carbons (Fsp3) is 0.444. The van der Waals surface area contributed by atoms with Crippen molar-refractivity contribution < 1.29 is 0 Å². The summed E-state index contributed by atoms with van der Waals surface area (Å²) in [5.74, 6) is 0. The molecule has 2 aromatic rings. The summed E-state index contributed by atoms with van der Waals surface area (Å²) in [6, 6.07) is 9.54. The number of aryl methyl sites for hydroxylation is 4. The topological polar surface area (TPSA) is 12.0 Å². The Morgan fingerprint density at radius 3 is 2.85 bits per heavy atom. The summed E-state index contributed by atoms with van der Waals surface area (Å²) in [4.78, 5) is 3.12. The first kappa shape index (κ1) is 13.8. The predicted octanol–water partition coefficient (Wildman–Crippen LogP) is 4.70. The fourth-order valence-electron chi connectivity index (χ4n) is 3.07. The van der Waals surface area contributed by atoms with Crippen molar-refractivity contribution in [2.45, 2.75) is 52.6 Å². The van der Waals surface area contributed by atoms with Crippen molar-refractivity contribution in [3.8, 4) is 0 Å². The van der Waals surface area contributed by atoms with E-state index in [1.807, 2.05) is 11.3 Å². The van der Waals surface area contributed by atoms with Crippen LogP contribution in [0, 0.1) is 13.8 Å². The molecule has 0 saturated heterocycles. The van der Waals surface area contributed by atoms with Gasteiger partial charge in [0.25, 0.3) is 0 Å². The zero-order valence-corrected chi connectivity index (χ0v) is 13.4. The third-order valence-corrected chi connectivity index (χ3v) is 5.52. The van der Waals surface area contributed by atoms with Gasteiger partial charge in [0.1, 0.15) is 0 Å². The van der Waals surface area contributed by atoms with E-state index >= 15 is 0 Å². The van der Waals surface area contributed by atoms with E-state index < -0.39 is 0 Å². The van der Waals surface area contributed by atoms with Gasteiger partial charge in [-0.3, -0.25) is 0 Å². The van der Waals surface area contributed by atoms with Gasteiger partial charge in [-0.25, -0.2) is 0 Å². The average Bonchev–Trinajstić information content (AvgIpc) is 2.99. The second-order valence-electron chi connectivity index (χ2n) is 5.98.